The Morgan fingerprint density at radius 1 is 1.07 bits per heavy atom. The zero-order valence-corrected chi connectivity index (χ0v) is 16.2. The fraction of sp³-hybridized carbons (Fsp3) is 0.571. The number of piperidine rings is 1. The monoisotopic (exact) mass is 371 g/mol. The number of likely N-dealkylation sites (tertiary alicyclic amines) is 1. The predicted octanol–water partition coefficient (Wildman–Crippen LogP) is 2.80. The van der Waals surface area contributed by atoms with Crippen LogP contribution in [-0.2, 0) is 9.59 Å². The molecule has 0 radical (unpaired) electrons. The van der Waals surface area contributed by atoms with Crippen LogP contribution in [0.5, 0.6) is 0 Å². The number of hydrogen-bond donors (Lipinski definition) is 2. The second-order valence-corrected chi connectivity index (χ2v) is 7.69. The van der Waals surface area contributed by atoms with Crippen molar-refractivity contribution >= 4 is 23.4 Å². The molecule has 1 aliphatic carbocycles. The van der Waals surface area contributed by atoms with E-state index in [1.165, 1.54) is 0 Å². The van der Waals surface area contributed by atoms with Gasteiger partial charge in [0.25, 0.3) is 5.91 Å². The normalized spacial score (nSPS) is 18.7. The Morgan fingerprint density at radius 2 is 1.74 bits per heavy atom. The minimum absolute atomic E-state index is 0.0719. The number of para-hydroxylation sites is 1. The number of nitrogens with zero attached hydrogens (tertiary/aromatic N) is 1. The van der Waals surface area contributed by atoms with Crippen LogP contribution in [0.2, 0.25) is 0 Å². The van der Waals surface area contributed by atoms with Crippen molar-refractivity contribution in [2.75, 3.05) is 18.4 Å². The highest BCUT2D eigenvalue weighted by Crippen LogP contribution is 2.32. The maximum atomic E-state index is 12.7. The summed E-state index contributed by atoms with van der Waals surface area (Å²) in [5.41, 5.74) is 1.02. The Hall–Kier alpha value is -2.37. The summed E-state index contributed by atoms with van der Waals surface area (Å²) in [5, 5.41) is 5.87. The summed E-state index contributed by atoms with van der Waals surface area (Å²) in [5.74, 6) is 0.105. The molecular formula is C21H29N3O3. The molecule has 1 atom stereocenters. The van der Waals surface area contributed by atoms with Gasteiger partial charge in [0.15, 0.2) is 0 Å². The number of carbonyl (C=O) groups excluding carboxylic acids is 3. The van der Waals surface area contributed by atoms with Crippen molar-refractivity contribution in [1.82, 2.24) is 10.2 Å². The third-order valence-corrected chi connectivity index (χ3v) is 5.52. The lowest BCUT2D eigenvalue weighted by molar-refractivity contribution is -0.135. The van der Waals surface area contributed by atoms with Gasteiger partial charge in [0.2, 0.25) is 11.8 Å². The number of nitrogens with one attached hydrogen (secondary N) is 2. The lowest BCUT2D eigenvalue weighted by atomic mass is 9.95. The van der Waals surface area contributed by atoms with E-state index in [9.17, 15) is 14.4 Å². The summed E-state index contributed by atoms with van der Waals surface area (Å²) in [6.07, 6.45) is 4.21. The van der Waals surface area contributed by atoms with Gasteiger partial charge in [0, 0.05) is 31.0 Å². The van der Waals surface area contributed by atoms with Crippen LogP contribution >= 0.6 is 0 Å². The summed E-state index contributed by atoms with van der Waals surface area (Å²) in [6.45, 7) is 5.25. The van der Waals surface area contributed by atoms with E-state index in [1.807, 2.05) is 24.8 Å². The van der Waals surface area contributed by atoms with Gasteiger partial charge >= 0.3 is 0 Å². The van der Waals surface area contributed by atoms with Crippen molar-refractivity contribution < 1.29 is 14.4 Å². The van der Waals surface area contributed by atoms with E-state index in [0.717, 1.165) is 19.3 Å². The van der Waals surface area contributed by atoms with Crippen molar-refractivity contribution in [3.63, 3.8) is 0 Å². The minimum atomic E-state index is -0.176. The third kappa shape index (κ3) is 4.87. The molecule has 1 aromatic carbocycles. The molecule has 0 spiro atoms. The first kappa shape index (κ1) is 19.4. The Kier molecular flexibility index (Phi) is 6.14. The fourth-order valence-electron chi connectivity index (χ4n) is 3.38. The van der Waals surface area contributed by atoms with E-state index >= 15 is 0 Å². The van der Waals surface area contributed by atoms with Gasteiger partial charge in [-0.2, -0.15) is 0 Å². The largest absolute Gasteiger partial charge is 0.350 e. The summed E-state index contributed by atoms with van der Waals surface area (Å²) in [6, 6.07) is 7.17. The molecule has 6 nitrogen and oxygen atoms in total. The average molecular weight is 371 g/mol. The quantitative estimate of drug-likeness (QED) is 0.807. The van der Waals surface area contributed by atoms with E-state index < -0.39 is 0 Å². The topological polar surface area (TPSA) is 78.5 Å². The van der Waals surface area contributed by atoms with Gasteiger partial charge < -0.3 is 15.5 Å². The average Bonchev–Trinajstić information content (AvgIpc) is 3.53. The minimum Gasteiger partial charge on any atom is -0.350 e. The highest BCUT2D eigenvalue weighted by molar-refractivity contribution is 6.04. The molecule has 6 heteroatoms. The Labute approximate surface area is 160 Å². The lowest BCUT2D eigenvalue weighted by Gasteiger charge is -2.31. The SMILES string of the molecule is CCC(C)NC(=O)c1ccccc1NC(=O)C1CCN(C(=O)C2CC2)CC1. The number of amides is 3. The number of hydrogen-bond acceptors (Lipinski definition) is 3. The molecule has 1 unspecified atom stereocenters. The summed E-state index contributed by atoms with van der Waals surface area (Å²) >= 11 is 0. The van der Waals surface area contributed by atoms with E-state index in [4.69, 9.17) is 0 Å². The first-order valence-electron chi connectivity index (χ1n) is 9.99. The van der Waals surface area contributed by atoms with E-state index in [1.54, 1.807) is 18.2 Å². The van der Waals surface area contributed by atoms with Gasteiger partial charge in [-0.3, -0.25) is 14.4 Å². The Bertz CT molecular complexity index is 706. The van der Waals surface area contributed by atoms with E-state index in [0.29, 0.717) is 37.2 Å². The summed E-state index contributed by atoms with van der Waals surface area (Å²) in [4.78, 5) is 39.2. The van der Waals surface area contributed by atoms with Crippen LogP contribution in [0.1, 0.15) is 56.3 Å². The standard InChI is InChI=1S/C21H29N3O3/c1-3-14(2)22-20(26)17-6-4-5-7-18(17)23-19(25)15-10-12-24(13-11-15)21(27)16-8-9-16/h4-7,14-16H,3,8-13H2,1-2H3,(H,22,26)(H,23,25). The summed E-state index contributed by atoms with van der Waals surface area (Å²) in [7, 11) is 0. The number of carbonyl (C=O) groups is 3. The number of rotatable bonds is 6. The Morgan fingerprint density at radius 3 is 2.37 bits per heavy atom. The highest BCUT2D eigenvalue weighted by atomic mass is 16.2. The van der Waals surface area contributed by atoms with E-state index in [2.05, 4.69) is 10.6 Å². The molecule has 0 aromatic heterocycles. The van der Waals surface area contributed by atoms with Crippen molar-refractivity contribution in [3.05, 3.63) is 29.8 Å². The van der Waals surface area contributed by atoms with Crippen LogP contribution in [0.15, 0.2) is 24.3 Å². The molecule has 1 saturated carbocycles. The van der Waals surface area contributed by atoms with Gasteiger partial charge in [-0.05, 0) is 51.2 Å². The first-order valence-corrected chi connectivity index (χ1v) is 9.99. The molecule has 1 saturated heterocycles. The number of anilines is 1. The molecule has 3 amide bonds. The molecule has 146 valence electrons. The van der Waals surface area contributed by atoms with Crippen LogP contribution in [0.4, 0.5) is 5.69 Å². The molecule has 2 fully saturated rings. The predicted molar refractivity (Wildman–Crippen MR) is 104 cm³/mol. The van der Waals surface area contributed by atoms with Crippen molar-refractivity contribution in [3.8, 4) is 0 Å². The lowest BCUT2D eigenvalue weighted by Crippen LogP contribution is -2.42. The van der Waals surface area contributed by atoms with Crippen LogP contribution in [-0.4, -0.2) is 41.8 Å². The van der Waals surface area contributed by atoms with Crippen molar-refractivity contribution in [2.45, 2.75) is 52.0 Å². The van der Waals surface area contributed by atoms with Crippen LogP contribution in [0, 0.1) is 11.8 Å². The molecule has 1 aromatic rings. The molecule has 1 heterocycles. The van der Waals surface area contributed by atoms with Gasteiger partial charge in [0.1, 0.15) is 0 Å². The summed E-state index contributed by atoms with van der Waals surface area (Å²) < 4.78 is 0. The second-order valence-electron chi connectivity index (χ2n) is 7.69. The molecular weight excluding hydrogens is 342 g/mol. The smallest absolute Gasteiger partial charge is 0.253 e. The molecule has 2 aliphatic rings. The fourth-order valence-corrected chi connectivity index (χ4v) is 3.38. The maximum absolute atomic E-state index is 12.7. The molecule has 1 aliphatic heterocycles. The van der Waals surface area contributed by atoms with Crippen molar-refractivity contribution in [2.24, 2.45) is 11.8 Å². The van der Waals surface area contributed by atoms with Crippen LogP contribution in [0.3, 0.4) is 0 Å². The molecule has 2 N–H and O–H groups in total. The third-order valence-electron chi connectivity index (χ3n) is 5.52. The molecule has 3 rings (SSSR count). The highest BCUT2D eigenvalue weighted by Gasteiger charge is 2.36. The van der Waals surface area contributed by atoms with Gasteiger partial charge in [-0.15, -0.1) is 0 Å². The Balaban J connectivity index is 1.58. The van der Waals surface area contributed by atoms with Gasteiger partial charge in [-0.1, -0.05) is 19.1 Å². The zero-order chi connectivity index (χ0) is 19.4. The molecule has 0 bridgehead atoms. The second kappa shape index (κ2) is 8.55. The van der Waals surface area contributed by atoms with Gasteiger partial charge in [0.05, 0.1) is 11.3 Å². The van der Waals surface area contributed by atoms with Crippen LogP contribution in [0.25, 0.3) is 0 Å². The maximum Gasteiger partial charge on any atom is 0.253 e. The first-order chi connectivity index (χ1) is 13.0. The van der Waals surface area contributed by atoms with E-state index in [-0.39, 0.29) is 35.6 Å². The molecule has 27 heavy (non-hydrogen) atoms. The van der Waals surface area contributed by atoms with Crippen LogP contribution < -0.4 is 10.6 Å². The number of benzene rings is 1. The van der Waals surface area contributed by atoms with Gasteiger partial charge in [-0.25, -0.2) is 0 Å². The zero-order valence-electron chi connectivity index (χ0n) is 16.2. The van der Waals surface area contributed by atoms with Crippen molar-refractivity contribution in [1.29, 1.82) is 0 Å².